The van der Waals surface area contributed by atoms with Crippen LogP contribution in [0.1, 0.15) is 26.2 Å². The molecule has 0 aliphatic carbocycles. The molecule has 5 heteroatoms. The lowest BCUT2D eigenvalue weighted by atomic mass is 10.3. The van der Waals surface area contributed by atoms with Crippen LogP contribution >= 0.6 is 0 Å². The van der Waals surface area contributed by atoms with E-state index in [-0.39, 0.29) is 6.03 Å². The van der Waals surface area contributed by atoms with Gasteiger partial charge in [-0.05, 0) is 12.8 Å². The highest BCUT2D eigenvalue weighted by Crippen LogP contribution is 1.97. The van der Waals surface area contributed by atoms with Gasteiger partial charge in [-0.2, -0.15) is 0 Å². The van der Waals surface area contributed by atoms with E-state index in [0.29, 0.717) is 32.8 Å². The minimum Gasteiger partial charge on any atom is -0.381 e. The summed E-state index contributed by atoms with van der Waals surface area (Å²) in [6.07, 6.45) is 3.15. The van der Waals surface area contributed by atoms with Gasteiger partial charge < -0.3 is 19.7 Å². The van der Waals surface area contributed by atoms with Crippen molar-refractivity contribution >= 4 is 6.03 Å². The molecule has 1 rings (SSSR count). The number of carbonyl (C=O) groups excluding carboxylic acids is 1. The van der Waals surface area contributed by atoms with Crippen LogP contribution in [0.5, 0.6) is 0 Å². The van der Waals surface area contributed by atoms with Crippen LogP contribution in [0.2, 0.25) is 0 Å². The van der Waals surface area contributed by atoms with Gasteiger partial charge in [0.15, 0.2) is 0 Å². The SMILES string of the molecule is CCCCOCCCNC(=O)N1CCOCC1. The zero-order valence-corrected chi connectivity index (χ0v) is 10.7. The second-order valence-corrected chi connectivity index (χ2v) is 4.15. The maximum Gasteiger partial charge on any atom is 0.317 e. The number of hydrogen-bond donors (Lipinski definition) is 1. The van der Waals surface area contributed by atoms with Crippen LogP contribution in [0.25, 0.3) is 0 Å². The Morgan fingerprint density at radius 2 is 2.00 bits per heavy atom. The molecule has 2 amide bonds. The van der Waals surface area contributed by atoms with Crippen molar-refractivity contribution in [2.45, 2.75) is 26.2 Å². The maximum atomic E-state index is 11.7. The maximum absolute atomic E-state index is 11.7. The Balaban J connectivity index is 1.92. The van der Waals surface area contributed by atoms with Crippen molar-refractivity contribution in [3.63, 3.8) is 0 Å². The molecule has 1 aliphatic rings. The third-order valence-corrected chi connectivity index (χ3v) is 2.68. The molecular formula is C12H24N2O3. The smallest absolute Gasteiger partial charge is 0.317 e. The van der Waals surface area contributed by atoms with E-state index in [2.05, 4.69) is 12.2 Å². The minimum atomic E-state index is 0.0156. The Morgan fingerprint density at radius 3 is 2.71 bits per heavy atom. The molecule has 0 atom stereocenters. The highest BCUT2D eigenvalue weighted by molar-refractivity contribution is 5.74. The lowest BCUT2D eigenvalue weighted by Gasteiger charge is -2.26. The highest BCUT2D eigenvalue weighted by atomic mass is 16.5. The van der Waals surface area contributed by atoms with Gasteiger partial charge in [0.25, 0.3) is 0 Å². The fourth-order valence-corrected chi connectivity index (χ4v) is 1.60. The Morgan fingerprint density at radius 1 is 1.29 bits per heavy atom. The van der Waals surface area contributed by atoms with Crippen molar-refractivity contribution in [1.82, 2.24) is 10.2 Å². The summed E-state index contributed by atoms with van der Waals surface area (Å²) in [6, 6.07) is 0.0156. The molecular weight excluding hydrogens is 220 g/mol. The van der Waals surface area contributed by atoms with E-state index < -0.39 is 0 Å². The van der Waals surface area contributed by atoms with E-state index in [1.54, 1.807) is 4.90 Å². The largest absolute Gasteiger partial charge is 0.381 e. The van der Waals surface area contributed by atoms with Crippen LogP contribution in [-0.4, -0.2) is 57.0 Å². The summed E-state index contributed by atoms with van der Waals surface area (Å²) in [5, 5.41) is 2.89. The van der Waals surface area contributed by atoms with Gasteiger partial charge in [-0.15, -0.1) is 0 Å². The lowest BCUT2D eigenvalue weighted by molar-refractivity contribution is 0.0530. The Hall–Kier alpha value is -0.810. The molecule has 1 N–H and O–H groups in total. The third kappa shape index (κ3) is 6.48. The quantitative estimate of drug-likeness (QED) is 0.685. The minimum absolute atomic E-state index is 0.0156. The van der Waals surface area contributed by atoms with Gasteiger partial charge in [-0.25, -0.2) is 4.79 Å². The first kappa shape index (κ1) is 14.3. The second kappa shape index (κ2) is 9.24. The summed E-state index contributed by atoms with van der Waals surface area (Å²) in [5.74, 6) is 0. The summed E-state index contributed by atoms with van der Waals surface area (Å²) >= 11 is 0. The Labute approximate surface area is 103 Å². The average molecular weight is 244 g/mol. The van der Waals surface area contributed by atoms with Crippen molar-refractivity contribution < 1.29 is 14.3 Å². The number of amides is 2. The molecule has 1 saturated heterocycles. The number of nitrogens with one attached hydrogen (secondary N) is 1. The summed E-state index contributed by atoms with van der Waals surface area (Å²) in [4.78, 5) is 13.4. The zero-order chi connectivity index (χ0) is 12.3. The third-order valence-electron chi connectivity index (χ3n) is 2.68. The van der Waals surface area contributed by atoms with Gasteiger partial charge in [0, 0.05) is 32.8 Å². The summed E-state index contributed by atoms with van der Waals surface area (Å²) in [5.41, 5.74) is 0. The summed E-state index contributed by atoms with van der Waals surface area (Å²) < 4.78 is 10.6. The molecule has 0 unspecified atom stereocenters. The number of ether oxygens (including phenoxy) is 2. The average Bonchev–Trinajstić information content (AvgIpc) is 2.38. The van der Waals surface area contributed by atoms with Gasteiger partial charge in [-0.3, -0.25) is 0 Å². The molecule has 0 bridgehead atoms. The molecule has 0 aromatic heterocycles. The summed E-state index contributed by atoms with van der Waals surface area (Å²) in [6.45, 7) is 7.06. The lowest BCUT2D eigenvalue weighted by Crippen LogP contribution is -2.46. The van der Waals surface area contributed by atoms with Gasteiger partial charge in [0.2, 0.25) is 0 Å². The second-order valence-electron chi connectivity index (χ2n) is 4.15. The summed E-state index contributed by atoms with van der Waals surface area (Å²) in [7, 11) is 0. The highest BCUT2D eigenvalue weighted by Gasteiger charge is 2.15. The van der Waals surface area contributed by atoms with Crippen molar-refractivity contribution in [1.29, 1.82) is 0 Å². The van der Waals surface area contributed by atoms with Crippen LogP contribution in [0.3, 0.4) is 0 Å². The van der Waals surface area contributed by atoms with E-state index in [1.807, 2.05) is 0 Å². The van der Waals surface area contributed by atoms with Gasteiger partial charge in [0.05, 0.1) is 13.2 Å². The monoisotopic (exact) mass is 244 g/mol. The van der Waals surface area contributed by atoms with Crippen LogP contribution in [-0.2, 0) is 9.47 Å². The van der Waals surface area contributed by atoms with Crippen LogP contribution in [0.15, 0.2) is 0 Å². The number of nitrogens with zero attached hydrogens (tertiary/aromatic N) is 1. The molecule has 5 nitrogen and oxygen atoms in total. The molecule has 100 valence electrons. The predicted octanol–water partition coefficient (Wildman–Crippen LogP) is 1.24. The van der Waals surface area contributed by atoms with Crippen molar-refractivity contribution in [2.75, 3.05) is 46.1 Å². The van der Waals surface area contributed by atoms with Crippen molar-refractivity contribution in [2.24, 2.45) is 0 Å². The van der Waals surface area contributed by atoms with Crippen molar-refractivity contribution in [3.05, 3.63) is 0 Å². The van der Waals surface area contributed by atoms with Gasteiger partial charge in [-0.1, -0.05) is 13.3 Å². The van der Waals surface area contributed by atoms with Crippen LogP contribution in [0, 0.1) is 0 Å². The van der Waals surface area contributed by atoms with E-state index >= 15 is 0 Å². The molecule has 1 fully saturated rings. The predicted molar refractivity (Wildman–Crippen MR) is 66.1 cm³/mol. The molecule has 0 aromatic carbocycles. The topological polar surface area (TPSA) is 50.8 Å². The molecule has 0 aromatic rings. The van der Waals surface area contributed by atoms with E-state index in [0.717, 1.165) is 32.5 Å². The number of hydrogen-bond acceptors (Lipinski definition) is 3. The normalized spacial score (nSPS) is 15.9. The number of carbonyl (C=O) groups is 1. The van der Waals surface area contributed by atoms with Gasteiger partial charge in [0.1, 0.15) is 0 Å². The van der Waals surface area contributed by atoms with Crippen molar-refractivity contribution in [3.8, 4) is 0 Å². The van der Waals surface area contributed by atoms with E-state index in [1.165, 1.54) is 0 Å². The first-order valence-corrected chi connectivity index (χ1v) is 6.53. The molecule has 1 heterocycles. The van der Waals surface area contributed by atoms with Crippen LogP contribution in [0.4, 0.5) is 4.79 Å². The zero-order valence-electron chi connectivity index (χ0n) is 10.7. The standard InChI is InChI=1S/C12H24N2O3/c1-2-3-8-16-9-4-5-13-12(15)14-6-10-17-11-7-14/h2-11H2,1H3,(H,13,15). The number of morpholine rings is 1. The molecule has 17 heavy (non-hydrogen) atoms. The van der Waals surface area contributed by atoms with Crippen LogP contribution < -0.4 is 5.32 Å². The van der Waals surface area contributed by atoms with E-state index in [9.17, 15) is 4.79 Å². The fraction of sp³-hybridized carbons (Fsp3) is 0.917. The number of urea groups is 1. The molecule has 1 aliphatic heterocycles. The molecule has 0 radical (unpaired) electrons. The van der Waals surface area contributed by atoms with E-state index in [4.69, 9.17) is 9.47 Å². The Bertz CT molecular complexity index is 206. The molecule has 0 saturated carbocycles. The molecule has 0 spiro atoms. The van der Waals surface area contributed by atoms with Gasteiger partial charge >= 0.3 is 6.03 Å². The number of rotatable bonds is 7. The first-order chi connectivity index (χ1) is 8.34. The fourth-order valence-electron chi connectivity index (χ4n) is 1.60. The Kier molecular flexibility index (Phi) is 7.75. The number of unbranched alkanes of at least 4 members (excludes halogenated alkanes) is 1. The first-order valence-electron chi connectivity index (χ1n) is 6.53.